The van der Waals surface area contributed by atoms with Crippen molar-refractivity contribution in [1.82, 2.24) is 0 Å². The van der Waals surface area contributed by atoms with Gasteiger partial charge in [-0.25, -0.2) is 0 Å². The molecule has 0 bridgehead atoms. The molecule has 0 unspecified atom stereocenters. The van der Waals surface area contributed by atoms with Crippen molar-refractivity contribution in [1.29, 1.82) is 0 Å². The van der Waals surface area contributed by atoms with Gasteiger partial charge >= 0.3 is 0 Å². The highest BCUT2D eigenvalue weighted by Crippen LogP contribution is 2.45. The smallest absolute Gasteiger partial charge is 0.173 e. The Hall–Kier alpha value is 4.43. The molecule has 3 nitrogen and oxygen atoms in total. The molecule has 0 rings (SSSR count). The van der Waals surface area contributed by atoms with Gasteiger partial charge in [0.2, 0.25) is 0 Å². The predicted molar refractivity (Wildman–Crippen MR) is 493 cm³/mol. The third-order valence-electron chi connectivity index (χ3n) is 20.6. The van der Waals surface area contributed by atoms with E-state index in [1.807, 2.05) is 0 Å². The summed E-state index contributed by atoms with van der Waals surface area (Å²) in [5.74, 6) is 0. The van der Waals surface area contributed by atoms with E-state index in [2.05, 4.69) is 275 Å². The zero-order valence-corrected chi connectivity index (χ0v) is 92.5. The molecule has 2 N–H and O–H groups in total. The van der Waals surface area contributed by atoms with Crippen molar-refractivity contribution < 1.29 is 14.3 Å². The Bertz CT molecular complexity index is 2060. The minimum absolute atomic E-state index is 0.302. The molecule has 0 aliphatic rings. The van der Waals surface area contributed by atoms with Crippen LogP contribution in [0.25, 0.3) is 0 Å². The maximum absolute atomic E-state index is 9.60. The molecule has 0 aromatic heterocycles. The Morgan fingerprint density at radius 2 is 0.275 bits per heavy atom. The van der Waals surface area contributed by atoms with Gasteiger partial charge in [0.1, 0.15) is 0 Å². The summed E-state index contributed by atoms with van der Waals surface area (Å²) >= 11 is 0. The van der Waals surface area contributed by atoms with E-state index in [0.717, 1.165) is 18.9 Å². The highest BCUT2D eigenvalue weighted by molar-refractivity contribution is 7.16. The molecule has 0 amide bonds. The van der Waals surface area contributed by atoms with Crippen LogP contribution < -0.4 is 0 Å². The van der Waals surface area contributed by atoms with E-state index in [-0.39, 0.29) is 0 Å². The second-order valence-corrected chi connectivity index (χ2v) is 168. The molecule has 0 aromatic rings. The van der Waals surface area contributed by atoms with Gasteiger partial charge in [-0.1, -0.05) is 357 Å². The third-order valence-corrected chi connectivity index (χ3v) is 173. The summed E-state index contributed by atoms with van der Waals surface area (Å²) in [6.07, 6.45) is 1.93. The third kappa shape index (κ3) is 44.6. The predicted octanol–water partition coefficient (Wildman–Crippen LogP) is 25.9. The zero-order chi connectivity index (χ0) is 72.9. The number of aliphatic hydroxyl groups is 2. The van der Waals surface area contributed by atoms with Crippen LogP contribution in [-0.4, -0.2) is 193 Å². The van der Waals surface area contributed by atoms with Gasteiger partial charge in [-0.05, 0) is 50.7 Å². The summed E-state index contributed by atoms with van der Waals surface area (Å²) in [6.45, 7) is 118. The summed E-state index contributed by atoms with van der Waals surface area (Å²) in [7, 11) is -28.6. The number of aliphatic hydroxyl groups excluding tert-OH is 2. The molecule has 0 saturated heterocycles. The fraction of sp³-hybridized carbons (Fsp3) is 1.00. The molecule has 548 valence electrons. The standard InChI is InChI=1S/C67H178O3Si21/c1-71(2,47-43-45-68)49-72(3,4)50-73(5,6)51-74(7,8)52-75(9,10)53-76(11,12)54-77(13,14)55-78(15,16)56-79(17,18)57-80(19,20)58-81(21,22)59-82(23,24)60-83(25,26)61-84(27,28)62-85(29,30)63-86(31,32)64-87(33,34)65-88(35,36)66-89(37,38)67-91(41,42)70-90(39,40)48-44-46-69/h68-69H,43-67H2,1-42H3. The zero-order valence-electron chi connectivity index (χ0n) is 71.5. The maximum atomic E-state index is 9.60. The topological polar surface area (TPSA) is 49.7 Å². The van der Waals surface area contributed by atoms with E-state index >= 15 is 0 Å². The first-order chi connectivity index (χ1) is 39.3. The van der Waals surface area contributed by atoms with Gasteiger partial charge in [-0.15, -0.1) is 0 Å². The summed E-state index contributed by atoms with van der Waals surface area (Å²) in [5.41, 5.74) is 31.2. The SMILES string of the molecule is C[Si](C)(CCCO)C[Si](C)(C)C[Si](C)(C)C[Si](C)(C)C[Si](C)(C)C[Si](C)(C)C[Si](C)(C)C[Si](C)(C)C[Si](C)(C)C[Si](C)(C)C[Si](C)(C)C[Si](C)(C)C[Si](C)(C)C[Si](C)(C)C[Si](C)(C)C[Si](C)(C)C[Si](C)(C)C[Si](C)(C)C[Si](C)(C)C[Si](C)(C)O[Si](C)(C)CCCO. The van der Waals surface area contributed by atoms with Gasteiger partial charge < -0.3 is 14.3 Å². The van der Waals surface area contributed by atoms with Gasteiger partial charge in [-0.2, -0.15) is 0 Å². The Kier molecular flexibility index (Phi) is 35.3. The van der Waals surface area contributed by atoms with Crippen molar-refractivity contribution in [2.45, 2.75) is 408 Å². The van der Waals surface area contributed by atoms with Crippen LogP contribution in [0.5, 0.6) is 0 Å². The Morgan fingerprint density at radius 3 is 0.418 bits per heavy atom. The van der Waals surface area contributed by atoms with Gasteiger partial charge in [0.05, 0.1) is 0 Å². The number of hydrogen-bond acceptors (Lipinski definition) is 3. The van der Waals surface area contributed by atoms with E-state index in [4.69, 9.17) is 4.12 Å². The van der Waals surface area contributed by atoms with Crippen LogP contribution >= 0.6 is 0 Å². The first-order valence-electron chi connectivity index (χ1n) is 38.2. The number of rotatable bonds is 46. The molecule has 0 saturated carbocycles. The lowest BCUT2D eigenvalue weighted by Gasteiger charge is -2.45. The van der Waals surface area contributed by atoms with Crippen LogP contribution in [0.1, 0.15) is 12.8 Å². The van der Waals surface area contributed by atoms with Gasteiger partial charge in [0.25, 0.3) is 0 Å². The summed E-state index contributed by atoms with van der Waals surface area (Å²) in [6, 6.07) is 2.41. The Balaban J connectivity index is 5.85. The van der Waals surface area contributed by atoms with Crippen molar-refractivity contribution in [3.8, 4) is 0 Å². The van der Waals surface area contributed by atoms with Gasteiger partial charge in [-0.3, -0.25) is 0 Å². The van der Waals surface area contributed by atoms with E-state index in [0.29, 0.717) is 13.2 Å². The highest BCUT2D eigenvalue weighted by Gasteiger charge is 2.50. The lowest BCUT2D eigenvalue weighted by Crippen LogP contribution is -2.54. The number of hydrogen-bond donors (Lipinski definition) is 2. The second-order valence-electron chi connectivity index (χ2n) is 49.8. The molecule has 0 fully saturated rings. The minimum Gasteiger partial charge on any atom is -0.456 e. The molecule has 0 aromatic carbocycles. The molecule has 91 heavy (non-hydrogen) atoms. The quantitative estimate of drug-likeness (QED) is 0.0597. The molecule has 0 atom stereocenters. The summed E-state index contributed by atoms with van der Waals surface area (Å²) in [4.78, 5) is 0. The summed E-state index contributed by atoms with van der Waals surface area (Å²) in [5, 5.41) is 19.2. The molecule has 0 aliphatic carbocycles. The van der Waals surface area contributed by atoms with Gasteiger partial charge in [0.15, 0.2) is 16.6 Å². The lowest BCUT2D eigenvalue weighted by atomic mass is 10.5. The highest BCUT2D eigenvalue weighted by atomic mass is 28.5. The minimum atomic E-state index is -1.75. The van der Waals surface area contributed by atoms with E-state index in [1.165, 1.54) is 11.7 Å². The average Bonchev–Trinajstić information content (AvgIpc) is 1.60. The normalized spacial score (nSPS) is 16.0. The van der Waals surface area contributed by atoms with Crippen molar-refractivity contribution in [3.63, 3.8) is 0 Å². The molecule has 0 spiro atoms. The van der Waals surface area contributed by atoms with Crippen LogP contribution in [-0.2, 0) is 4.12 Å². The Labute approximate surface area is 599 Å². The Morgan fingerprint density at radius 1 is 0.154 bits per heavy atom. The van der Waals surface area contributed by atoms with Crippen LogP contribution in [0.4, 0.5) is 0 Å². The van der Waals surface area contributed by atoms with Gasteiger partial charge in [0, 0.05) is 167 Å². The van der Waals surface area contributed by atoms with Crippen molar-refractivity contribution in [2.24, 2.45) is 0 Å². The molecule has 0 heterocycles. The first-order valence-corrected chi connectivity index (χ1v) is 109. The maximum Gasteiger partial charge on any atom is 0.173 e. The van der Waals surface area contributed by atoms with Crippen LogP contribution in [0.15, 0.2) is 0 Å². The fourth-order valence-electron chi connectivity index (χ4n) is 27.6. The first kappa shape index (κ1) is 95.4. The molecule has 24 heteroatoms. The van der Waals surface area contributed by atoms with Crippen LogP contribution in [0.2, 0.25) is 395 Å². The van der Waals surface area contributed by atoms with E-state index < -0.39 is 170 Å². The van der Waals surface area contributed by atoms with Crippen molar-refractivity contribution in [2.75, 3.05) is 13.2 Å². The second kappa shape index (κ2) is 33.7. The lowest BCUT2D eigenvalue weighted by molar-refractivity contribution is 0.292. The molecular formula is C67H178O3Si21. The van der Waals surface area contributed by atoms with Crippen LogP contribution in [0.3, 0.4) is 0 Å². The monoisotopic (exact) mass is 1620 g/mol. The molecule has 0 radical (unpaired) electrons. The fourth-order valence-corrected chi connectivity index (χ4v) is 263. The molecular weight excluding hydrogens is 1440 g/mol. The largest absolute Gasteiger partial charge is 0.456 e. The molecule has 0 aliphatic heterocycles. The van der Waals surface area contributed by atoms with E-state index in [9.17, 15) is 10.2 Å². The van der Waals surface area contributed by atoms with Crippen LogP contribution in [0, 0.1) is 0 Å². The van der Waals surface area contributed by atoms with Crippen molar-refractivity contribution in [3.05, 3.63) is 0 Å². The summed E-state index contributed by atoms with van der Waals surface area (Å²) < 4.78 is 7.12. The van der Waals surface area contributed by atoms with E-state index in [1.54, 1.807) is 102 Å². The van der Waals surface area contributed by atoms with Crippen molar-refractivity contribution >= 4 is 170 Å². The average molecular weight is 1620 g/mol.